The number of furan rings is 1. The van der Waals surface area contributed by atoms with Crippen LogP contribution in [0.25, 0.3) is 11.0 Å². The predicted molar refractivity (Wildman–Crippen MR) is 80.1 cm³/mol. The van der Waals surface area contributed by atoms with E-state index in [0.717, 1.165) is 23.8 Å². The molecule has 1 fully saturated rings. The Morgan fingerprint density at radius 1 is 1.48 bits per heavy atom. The number of rotatable bonds is 3. The van der Waals surface area contributed by atoms with E-state index in [0.29, 0.717) is 18.7 Å². The van der Waals surface area contributed by atoms with Crippen LogP contribution in [0.4, 0.5) is 0 Å². The molecule has 5 heteroatoms. The largest absolute Gasteiger partial charge is 0.463 e. The number of fused-ring (bicyclic) bond motifs is 1. The van der Waals surface area contributed by atoms with Gasteiger partial charge in [-0.15, -0.1) is 0 Å². The molecule has 21 heavy (non-hydrogen) atoms. The van der Waals surface area contributed by atoms with Crippen molar-refractivity contribution < 1.29 is 13.9 Å². The van der Waals surface area contributed by atoms with Crippen molar-refractivity contribution in [3.63, 3.8) is 0 Å². The van der Waals surface area contributed by atoms with Crippen LogP contribution in [0.2, 0.25) is 0 Å². The molecule has 1 aromatic carbocycles. The minimum atomic E-state index is -0.00930. The Morgan fingerprint density at radius 3 is 3.05 bits per heavy atom. The van der Waals surface area contributed by atoms with Crippen LogP contribution >= 0.6 is 0 Å². The van der Waals surface area contributed by atoms with E-state index in [4.69, 9.17) is 14.9 Å². The molecule has 0 spiro atoms. The molecule has 1 aromatic heterocycles. The Balaban J connectivity index is 1.87. The second-order valence-corrected chi connectivity index (χ2v) is 5.42. The van der Waals surface area contributed by atoms with Crippen molar-refractivity contribution in [2.45, 2.75) is 25.0 Å². The van der Waals surface area contributed by atoms with Crippen LogP contribution in [0.15, 0.2) is 34.9 Å². The second kappa shape index (κ2) is 5.87. The summed E-state index contributed by atoms with van der Waals surface area (Å²) >= 11 is 0. The van der Waals surface area contributed by atoms with Crippen molar-refractivity contribution in [1.82, 2.24) is 4.90 Å². The van der Waals surface area contributed by atoms with Crippen LogP contribution in [-0.2, 0) is 4.74 Å². The Bertz CT molecular complexity index is 637. The summed E-state index contributed by atoms with van der Waals surface area (Å²) in [6.07, 6.45) is 3.36. The molecule has 5 nitrogen and oxygen atoms in total. The van der Waals surface area contributed by atoms with Crippen LogP contribution in [0.1, 0.15) is 23.2 Å². The molecule has 0 saturated carbocycles. The summed E-state index contributed by atoms with van der Waals surface area (Å²) < 4.78 is 10.9. The first-order chi connectivity index (χ1) is 10.2. The third kappa shape index (κ3) is 2.54. The number of carbonyl (C=O) groups is 1. The maximum atomic E-state index is 12.8. The predicted octanol–water partition coefficient (Wildman–Crippen LogP) is 2.01. The molecular weight excluding hydrogens is 268 g/mol. The van der Waals surface area contributed by atoms with Crippen LogP contribution in [-0.4, -0.2) is 43.2 Å². The lowest BCUT2D eigenvalue weighted by atomic mass is 9.98. The maximum Gasteiger partial charge on any atom is 0.258 e. The Hall–Kier alpha value is -1.85. The number of likely N-dealkylation sites (tertiary alicyclic amines) is 1. The molecule has 1 amide bonds. The quantitative estimate of drug-likeness (QED) is 0.938. The summed E-state index contributed by atoms with van der Waals surface area (Å²) in [6.45, 7) is 1.11. The summed E-state index contributed by atoms with van der Waals surface area (Å²) in [5, 5.41) is 0.854. The third-order valence-corrected chi connectivity index (χ3v) is 4.25. The van der Waals surface area contributed by atoms with Gasteiger partial charge in [0.2, 0.25) is 0 Å². The van der Waals surface area contributed by atoms with E-state index in [1.165, 1.54) is 0 Å². The number of piperidine rings is 1. The number of amides is 1. The second-order valence-electron chi connectivity index (χ2n) is 5.42. The first kappa shape index (κ1) is 14.1. The molecule has 2 heterocycles. The van der Waals surface area contributed by atoms with Gasteiger partial charge in [0.15, 0.2) is 0 Å². The molecule has 2 aromatic rings. The van der Waals surface area contributed by atoms with E-state index in [-0.39, 0.29) is 18.1 Å². The topological polar surface area (TPSA) is 68.7 Å². The van der Waals surface area contributed by atoms with Gasteiger partial charge in [-0.25, -0.2) is 0 Å². The van der Waals surface area contributed by atoms with E-state index in [2.05, 4.69) is 0 Å². The lowest BCUT2D eigenvalue weighted by Crippen LogP contribution is -2.51. The molecule has 2 N–H and O–H groups in total. The van der Waals surface area contributed by atoms with Gasteiger partial charge in [0.25, 0.3) is 5.91 Å². The SMILES string of the molecule is CO[C@@H]1CCN(C(=O)c2coc3ccccc23)[C@@H](CN)C1. The molecule has 3 rings (SSSR count). The van der Waals surface area contributed by atoms with Gasteiger partial charge in [0.05, 0.1) is 11.7 Å². The van der Waals surface area contributed by atoms with Gasteiger partial charge in [-0.3, -0.25) is 4.79 Å². The molecule has 0 radical (unpaired) electrons. The smallest absolute Gasteiger partial charge is 0.258 e. The number of benzene rings is 1. The van der Waals surface area contributed by atoms with Gasteiger partial charge in [0, 0.05) is 31.6 Å². The average Bonchev–Trinajstić information content (AvgIpc) is 2.97. The van der Waals surface area contributed by atoms with Gasteiger partial charge < -0.3 is 19.8 Å². The lowest BCUT2D eigenvalue weighted by Gasteiger charge is -2.38. The first-order valence-electron chi connectivity index (χ1n) is 7.24. The third-order valence-electron chi connectivity index (χ3n) is 4.25. The van der Waals surface area contributed by atoms with Crippen molar-refractivity contribution in [3.05, 3.63) is 36.1 Å². The Morgan fingerprint density at radius 2 is 2.29 bits per heavy atom. The monoisotopic (exact) mass is 288 g/mol. The van der Waals surface area contributed by atoms with E-state index in [9.17, 15) is 4.79 Å². The van der Waals surface area contributed by atoms with E-state index in [1.54, 1.807) is 13.4 Å². The number of hydrogen-bond acceptors (Lipinski definition) is 4. The minimum Gasteiger partial charge on any atom is -0.463 e. The summed E-state index contributed by atoms with van der Waals surface area (Å²) in [6, 6.07) is 7.60. The molecular formula is C16H20N2O3. The van der Waals surface area contributed by atoms with E-state index in [1.807, 2.05) is 29.2 Å². The fraction of sp³-hybridized carbons (Fsp3) is 0.438. The van der Waals surface area contributed by atoms with Crippen molar-refractivity contribution in [2.75, 3.05) is 20.2 Å². The fourth-order valence-corrected chi connectivity index (χ4v) is 3.02. The summed E-state index contributed by atoms with van der Waals surface area (Å²) in [5.74, 6) is -0.00930. The first-order valence-corrected chi connectivity index (χ1v) is 7.24. The number of nitrogens with zero attached hydrogens (tertiary/aromatic N) is 1. The summed E-state index contributed by atoms with van der Waals surface area (Å²) in [4.78, 5) is 14.7. The van der Waals surface area contributed by atoms with Gasteiger partial charge >= 0.3 is 0 Å². The highest BCUT2D eigenvalue weighted by Crippen LogP contribution is 2.26. The Labute approximate surface area is 123 Å². The van der Waals surface area contributed by atoms with Crippen LogP contribution in [0, 0.1) is 0 Å². The van der Waals surface area contributed by atoms with Gasteiger partial charge in [-0.2, -0.15) is 0 Å². The minimum absolute atomic E-state index is 0.00930. The molecule has 1 aliphatic rings. The number of nitrogens with two attached hydrogens (primary N) is 1. The number of ether oxygens (including phenoxy) is 1. The summed E-state index contributed by atoms with van der Waals surface area (Å²) in [5.41, 5.74) is 7.19. The van der Waals surface area contributed by atoms with Crippen molar-refractivity contribution >= 4 is 16.9 Å². The zero-order valence-corrected chi connectivity index (χ0v) is 12.1. The maximum absolute atomic E-state index is 12.8. The van der Waals surface area contributed by atoms with E-state index >= 15 is 0 Å². The molecule has 0 aliphatic carbocycles. The summed E-state index contributed by atoms with van der Waals surface area (Å²) in [7, 11) is 1.71. The van der Waals surface area contributed by atoms with Crippen LogP contribution in [0.3, 0.4) is 0 Å². The van der Waals surface area contributed by atoms with Gasteiger partial charge in [-0.05, 0) is 18.9 Å². The van der Waals surface area contributed by atoms with Gasteiger partial charge in [-0.1, -0.05) is 18.2 Å². The zero-order valence-electron chi connectivity index (χ0n) is 12.1. The average molecular weight is 288 g/mol. The lowest BCUT2D eigenvalue weighted by molar-refractivity contribution is 0.0139. The normalized spacial score (nSPS) is 22.7. The standard InChI is InChI=1S/C16H20N2O3/c1-20-12-6-7-18(11(8-12)9-17)16(19)14-10-21-15-5-3-2-4-13(14)15/h2-5,10-12H,6-9,17H2,1H3/t11-,12-/m1/s1. The van der Waals surface area contributed by atoms with Gasteiger partial charge in [0.1, 0.15) is 11.8 Å². The van der Waals surface area contributed by atoms with Crippen LogP contribution < -0.4 is 5.73 Å². The number of methoxy groups -OCH3 is 1. The molecule has 0 bridgehead atoms. The number of hydrogen-bond donors (Lipinski definition) is 1. The van der Waals surface area contributed by atoms with Crippen molar-refractivity contribution in [1.29, 1.82) is 0 Å². The highest BCUT2D eigenvalue weighted by Gasteiger charge is 2.32. The molecule has 1 saturated heterocycles. The molecule has 2 atom stereocenters. The highest BCUT2D eigenvalue weighted by molar-refractivity contribution is 6.06. The molecule has 1 aliphatic heterocycles. The van der Waals surface area contributed by atoms with Crippen LogP contribution in [0.5, 0.6) is 0 Å². The molecule has 0 unspecified atom stereocenters. The fourth-order valence-electron chi connectivity index (χ4n) is 3.02. The van der Waals surface area contributed by atoms with Crippen molar-refractivity contribution in [3.8, 4) is 0 Å². The number of carbonyl (C=O) groups excluding carboxylic acids is 1. The Kier molecular flexibility index (Phi) is 3.94. The molecule has 112 valence electrons. The van der Waals surface area contributed by atoms with E-state index < -0.39 is 0 Å². The number of para-hydroxylation sites is 1. The van der Waals surface area contributed by atoms with Crippen molar-refractivity contribution in [2.24, 2.45) is 5.73 Å². The highest BCUT2D eigenvalue weighted by atomic mass is 16.5. The zero-order chi connectivity index (χ0) is 14.8.